The number of rotatable bonds is 2. The molecule has 0 aliphatic heterocycles. The molecule has 0 saturated heterocycles. The van der Waals surface area contributed by atoms with Crippen molar-refractivity contribution in [1.29, 1.82) is 0 Å². The van der Waals surface area contributed by atoms with Gasteiger partial charge in [-0.3, -0.25) is 0 Å². The molecule has 0 fully saturated rings. The van der Waals surface area contributed by atoms with Gasteiger partial charge in [-0.2, -0.15) is 4.98 Å². The molecule has 88 valence electrons. The topological polar surface area (TPSA) is 47.9 Å². The molecule has 1 heterocycles. The maximum absolute atomic E-state index is 13.0. The van der Waals surface area contributed by atoms with Crippen molar-refractivity contribution in [2.75, 3.05) is 0 Å². The van der Waals surface area contributed by atoms with Crippen LogP contribution in [0.2, 0.25) is 0 Å². The number of halogens is 2. The first-order valence-corrected chi connectivity index (χ1v) is 5.66. The lowest BCUT2D eigenvalue weighted by atomic mass is 10.3. The first kappa shape index (κ1) is 11.9. The molecule has 2 aromatic rings. The van der Waals surface area contributed by atoms with Crippen LogP contribution >= 0.6 is 15.9 Å². The van der Waals surface area contributed by atoms with E-state index in [1.165, 1.54) is 12.1 Å². The van der Waals surface area contributed by atoms with Gasteiger partial charge in [-0.25, -0.2) is 4.39 Å². The third-order valence-corrected chi connectivity index (χ3v) is 2.82. The van der Waals surface area contributed by atoms with E-state index in [1.54, 1.807) is 19.9 Å². The van der Waals surface area contributed by atoms with E-state index in [0.29, 0.717) is 10.2 Å². The zero-order chi connectivity index (χ0) is 12.4. The van der Waals surface area contributed by atoms with Gasteiger partial charge >= 0.3 is 6.01 Å². The van der Waals surface area contributed by atoms with Gasteiger partial charge in [0.2, 0.25) is 0 Å². The van der Waals surface area contributed by atoms with Crippen molar-refractivity contribution in [2.45, 2.75) is 13.8 Å². The minimum Gasteiger partial charge on any atom is -0.422 e. The number of ether oxygens (including phenoxy) is 1. The van der Waals surface area contributed by atoms with Crippen molar-refractivity contribution < 1.29 is 9.13 Å². The van der Waals surface area contributed by atoms with Gasteiger partial charge in [0.05, 0.1) is 15.9 Å². The van der Waals surface area contributed by atoms with Crippen molar-refractivity contribution in [1.82, 2.24) is 15.2 Å². The second-order valence-electron chi connectivity index (χ2n) is 3.44. The lowest BCUT2D eigenvalue weighted by Crippen LogP contribution is -1.99. The number of hydrogen-bond acceptors (Lipinski definition) is 4. The fourth-order valence-electron chi connectivity index (χ4n) is 1.13. The van der Waals surface area contributed by atoms with Gasteiger partial charge in [-0.15, -0.1) is 5.10 Å². The third kappa shape index (κ3) is 2.76. The van der Waals surface area contributed by atoms with Crippen LogP contribution in [-0.2, 0) is 0 Å². The van der Waals surface area contributed by atoms with Crippen molar-refractivity contribution >= 4 is 15.9 Å². The monoisotopic (exact) mass is 297 g/mol. The van der Waals surface area contributed by atoms with E-state index in [2.05, 4.69) is 31.1 Å². The second kappa shape index (κ2) is 4.75. The fraction of sp³-hybridized carbons (Fsp3) is 0.182. The Morgan fingerprint density at radius 3 is 2.65 bits per heavy atom. The van der Waals surface area contributed by atoms with E-state index in [1.807, 2.05) is 0 Å². The molecule has 1 aromatic carbocycles. The van der Waals surface area contributed by atoms with Crippen LogP contribution in [0, 0.1) is 19.7 Å². The van der Waals surface area contributed by atoms with Gasteiger partial charge < -0.3 is 4.74 Å². The molecule has 2 rings (SSSR count). The fourth-order valence-corrected chi connectivity index (χ4v) is 1.46. The second-order valence-corrected chi connectivity index (χ2v) is 4.30. The van der Waals surface area contributed by atoms with Crippen LogP contribution in [0.1, 0.15) is 11.4 Å². The predicted octanol–water partition coefficient (Wildman–Crippen LogP) is 3.18. The number of aryl methyl sites for hydroxylation is 2. The van der Waals surface area contributed by atoms with Crippen LogP contribution in [0.15, 0.2) is 22.7 Å². The SMILES string of the molecule is Cc1nnc(Oc2cc(F)ccc2Br)nc1C. The molecule has 1 aromatic heterocycles. The largest absolute Gasteiger partial charge is 0.422 e. The van der Waals surface area contributed by atoms with E-state index in [4.69, 9.17) is 4.74 Å². The van der Waals surface area contributed by atoms with Crippen molar-refractivity contribution in [2.24, 2.45) is 0 Å². The molecule has 6 heteroatoms. The summed E-state index contributed by atoms with van der Waals surface area (Å²) in [5, 5.41) is 7.66. The summed E-state index contributed by atoms with van der Waals surface area (Å²) in [7, 11) is 0. The number of hydrogen-bond donors (Lipinski definition) is 0. The Bertz CT molecular complexity index is 562. The Morgan fingerprint density at radius 2 is 1.94 bits per heavy atom. The minimum absolute atomic E-state index is 0.0967. The summed E-state index contributed by atoms with van der Waals surface area (Å²) < 4.78 is 19.0. The maximum atomic E-state index is 13.0. The van der Waals surface area contributed by atoms with E-state index in [-0.39, 0.29) is 11.8 Å². The van der Waals surface area contributed by atoms with Crippen LogP contribution in [0.5, 0.6) is 11.8 Å². The van der Waals surface area contributed by atoms with E-state index in [0.717, 1.165) is 11.4 Å². The molecular formula is C11H9BrFN3O. The van der Waals surface area contributed by atoms with Crippen molar-refractivity contribution in [3.8, 4) is 11.8 Å². The van der Waals surface area contributed by atoms with Crippen LogP contribution < -0.4 is 4.74 Å². The Morgan fingerprint density at radius 1 is 1.18 bits per heavy atom. The molecule has 0 bridgehead atoms. The molecule has 0 N–H and O–H groups in total. The maximum Gasteiger partial charge on any atom is 0.341 e. The van der Waals surface area contributed by atoms with Crippen LogP contribution in [0.3, 0.4) is 0 Å². The molecule has 0 spiro atoms. The highest BCUT2D eigenvalue weighted by Crippen LogP contribution is 2.28. The summed E-state index contributed by atoms with van der Waals surface area (Å²) in [5.41, 5.74) is 1.46. The number of aromatic nitrogens is 3. The van der Waals surface area contributed by atoms with E-state index in [9.17, 15) is 4.39 Å². The zero-order valence-electron chi connectivity index (χ0n) is 9.24. The number of benzene rings is 1. The minimum atomic E-state index is -0.389. The summed E-state index contributed by atoms with van der Waals surface area (Å²) in [4.78, 5) is 4.10. The first-order chi connectivity index (χ1) is 8.06. The van der Waals surface area contributed by atoms with Gasteiger partial charge in [0, 0.05) is 6.07 Å². The molecule has 4 nitrogen and oxygen atoms in total. The predicted molar refractivity (Wildman–Crippen MR) is 63.5 cm³/mol. The molecule has 0 aliphatic carbocycles. The summed E-state index contributed by atoms with van der Waals surface area (Å²) in [6.07, 6.45) is 0. The standard InChI is InChI=1S/C11H9BrFN3O/c1-6-7(2)15-16-11(14-6)17-10-5-8(13)3-4-9(10)12/h3-5H,1-2H3. The van der Waals surface area contributed by atoms with Gasteiger partial charge in [0.25, 0.3) is 0 Å². The highest BCUT2D eigenvalue weighted by atomic mass is 79.9. The highest BCUT2D eigenvalue weighted by molar-refractivity contribution is 9.10. The molecule has 0 unspecified atom stereocenters. The molecule has 0 amide bonds. The van der Waals surface area contributed by atoms with E-state index >= 15 is 0 Å². The molecule has 0 aliphatic rings. The summed E-state index contributed by atoms with van der Waals surface area (Å²) in [5.74, 6) is -0.0740. The average Bonchev–Trinajstić information content (AvgIpc) is 2.29. The summed E-state index contributed by atoms with van der Waals surface area (Å²) in [6.45, 7) is 3.61. The highest BCUT2D eigenvalue weighted by Gasteiger charge is 2.08. The van der Waals surface area contributed by atoms with E-state index < -0.39 is 0 Å². The Hall–Kier alpha value is -1.56. The Balaban J connectivity index is 2.31. The van der Waals surface area contributed by atoms with Gasteiger partial charge in [-0.05, 0) is 41.9 Å². The zero-order valence-corrected chi connectivity index (χ0v) is 10.8. The quantitative estimate of drug-likeness (QED) is 0.854. The van der Waals surface area contributed by atoms with Crippen LogP contribution in [0.4, 0.5) is 4.39 Å². The summed E-state index contributed by atoms with van der Waals surface area (Å²) in [6, 6.07) is 4.23. The third-order valence-electron chi connectivity index (χ3n) is 2.17. The van der Waals surface area contributed by atoms with Gasteiger partial charge in [-0.1, -0.05) is 5.10 Å². The first-order valence-electron chi connectivity index (χ1n) is 4.87. The number of nitrogens with zero attached hydrogens (tertiary/aromatic N) is 3. The van der Waals surface area contributed by atoms with Crippen LogP contribution in [0.25, 0.3) is 0 Å². The molecule has 17 heavy (non-hydrogen) atoms. The van der Waals surface area contributed by atoms with Crippen LogP contribution in [-0.4, -0.2) is 15.2 Å². The van der Waals surface area contributed by atoms with Crippen molar-refractivity contribution in [3.63, 3.8) is 0 Å². The average molecular weight is 298 g/mol. The molecular weight excluding hydrogens is 289 g/mol. The molecule has 0 radical (unpaired) electrons. The smallest absolute Gasteiger partial charge is 0.341 e. The van der Waals surface area contributed by atoms with Gasteiger partial charge in [0.15, 0.2) is 0 Å². The molecule has 0 saturated carbocycles. The van der Waals surface area contributed by atoms with Gasteiger partial charge in [0.1, 0.15) is 11.6 Å². The summed E-state index contributed by atoms with van der Waals surface area (Å²) >= 11 is 3.25. The lowest BCUT2D eigenvalue weighted by Gasteiger charge is -2.06. The Kier molecular flexibility index (Phi) is 3.33. The lowest BCUT2D eigenvalue weighted by molar-refractivity contribution is 0.424. The van der Waals surface area contributed by atoms with Crippen molar-refractivity contribution in [3.05, 3.63) is 39.9 Å². The normalized spacial score (nSPS) is 10.4. The molecule has 0 atom stereocenters. The Labute approximate surface area is 106 Å².